The molecule has 0 aliphatic heterocycles. The number of rotatable bonds is 5. The Morgan fingerprint density at radius 1 is 1.60 bits per heavy atom. The lowest BCUT2D eigenvalue weighted by atomic mass is 10.2. The van der Waals surface area contributed by atoms with Crippen LogP contribution in [0.15, 0.2) is 12.3 Å². The number of ether oxygens (including phenoxy) is 1. The third kappa shape index (κ3) is 5.15. The summed E-state index contributed by atoms with van der Waals surface area (Å²) in [5.41, 5.74) is 0. The molecule has 58 valence electrons. The Morgan fingerprint density at radius 3 is 2.60 bits per heavy atom. The van der Waals surface area contributed by atoms with E-state index < -0.39 is 5.97 Å². The van der Waals surface area contributed by atoms with Crippen molar-refractivity contribution < 1.29 is 14.6 Å². The second-order valence-electron chi connectivity index (χ2n) is 1.99. The van der Waals surface area contributed by atoms with E-state index in [1.807, 2.05) is 0 Å². The largest absolute Gasteiger partial charge is 0.502 e. The van der Waals surface area contributed by atoms with Gasteiger partial charge in [-0.1, -0.05) is 6.58 Å². The minimum absolute atomic E-state index is 0.183. The Hall–Kier alpha value is -0.990. The molecule has 3 heteroatoms. The fourth-order valence-electron chi connectivity index (χ4n) is 0.539. The van der Waals surface area contributed by atoms with Crippen LogP contribution in [0.5, 0.6) is 0 Å². The molecule has 0 radical (unpaired) electrons. The van der Waals surface area contributed by atoms with E-state index in [2.05, 4.69) is 6.58 Å². The molecule has 0 aromatic heterocycles. The lowest BCUT2D eigenvalue weighted by molar-refractivity contribution is -0.137. The van der Waals surface area contributed by atoms with E-state index in [1.165, 1.54) is 7.11 Å². The molecule has 0 spiro atoms. The molecule has 0 aromatic rings. The zero-order valence-electron chi connectivity index (χ0n) is 6.09. The van der Waals surface area contributed by atoms with Crippen LogP contribution < -0.4 is 0 Å². The van der Waals surface area contributed by atoms with Crippen molar-refractivity contribution in [2.45, 2.75) is 19.3 Å². The summed E-state index contributed by atoms with van der Waals surface area (Å²) in [6.45, 7) is 3.55. The van der Waals surface area contributed by atoms with Gasteiger partial charge in [0.15, 0.2) is 0 Å². The third-order valence-corrected chi connectivity index (χ3v) is 1.13. The Balaban J connectivity index is 3.20. The highest BCUT2D eigenvalue weighted by Gasteiger charge is 1.97. The van der Waals surface area contributed by atoms with Gasteiger partial charge in [-0.05, 0) is 6.42 Å². The molecule has 1 N–H and O–H groups in total. The summed E-state index contributed by atoms with van der Waals surface area (Å²) in [6, 6.07) is 0. The summed E-state index contributed by atoms with van der Waals surface area (Å²) in [5, 5.41) is 8.23. The highest BCUT2D eigenvalue weighted by atomic mass is 16.5. The molecule has 0 aliphatic rings. The van der Waals surface area contributed by atoms with Crippen LogP contribution in [-0.2, 0) is 9.53 Å². The lowest BCUT2D eigenvalue weighted by Gasteiger charge is -2.00. The average Bonchev–Trinajstić information content (AvgIpc) is 1.87. The zero-order valence-corrected chi connectivity index (χ0v) is 6.09. The molecule has 0 saturated carbocycles. The minimum Gasteiger partial charge on any atom is -0.502 e. The van der Waals surface area contributed by atoms with E-state index in [9.17, 15) is 4.79 Å². The number of aliphatic carboxylic acids is 1. The number of allylic oxidation sites excluding steroid dienone is 1. The summed E-state index contributed by atoms with van der Waals surface area (Å²) in [4.78, 5) is 10.00. The van der Waals surface area contributed by atoms with Crippen LogP contribution in [-0.4, -0.2) is 18.2 Å². The molecule has 0 aliphatic carbocycles. The predicted molar refractivity (Wildman–Crippen MR) is 37.6 cm³/mol. The maximum Gasteiger partial charge on any atom is 0.303 e. The molecule has 0 amide bonds. The number of methoxy groups -OCH3 is 1. The first-order chi connectivity index (χ1) is 4.66. The highest BCUT2D eigenvalue weighted by molar-refractivity contribution is 5.66. The number of carboxylic acid groups (broad SMARTS) is 1. The van der Waals surface area contributed by atoms with Gasteiger partial charge in [0.1, 0.15) is 0 Å². The van der Waals surface area contributed by atoms with Gasteiger partial charge in [0.2, 0.25) is 0 Å². The normalized spacial score (nSPS) is 8.90. The van der Waals surface area contributed by atoms with Gasteiger partial charge in [-0.2, -0.15) is 0 Å². The first kappa shape index (κ1) is 9.01. The lowest BCUT2D eigenvalue weighted by Crippen LogP contribution is -1.94. The van der Waals surface area contributed by atoms with Crippen molar-refractivity contribution in [1.82, 2.24) is 0 Å². The number of carbonyl (C=O) groups is 1. The minimum atomic E-state index is -0.774. The second kappa shape index (κ2) is 4.85. The number of carboxylic acids is 1. The van der Waals surface area contributed by atoms with E-state index in [-0.39, 0.29) is 6.42 Å². The van der Waals surface area contributed by atoms with Crippen LogP contribution >= 0.6 is 0 Å². The quantitative estimate of drug-likeness (QED) is 0.593. The molecule has 0 fully saturated rings. The number of hydrogen-bond donors (Lipinski definition) is 1. The topological polar surface area (TPSA) is 46.5 Å². The van der Waals surface area contributed by atoms with Crippen molar-refractivity contribution in [2.24, 2.45) is 0 Å². The molecule has 3 nitrogen and oxygen atoms in total. The van der Waals surface area contributed by atoms with Gasteiger partial charge in [-0.25, -0.2) is 0 Å². The SMILES string of the molecule is C=C(CCCC(=O)O)OC. The van der Waals surface area contributed by atoms with Crippen LogP contribution in [0.4, 0.5) is 0 Å². The van der Waals surface area contributed by atoms with Gasteiger partial charge in [-0.15, -0.1) is 0 Å². The van der Waals surface area contributed by atoms with Crippen molar-refractivity contribution in [3.8, 4) is 0 Å². The van der Waals surface area contributed by atoms with E-state index in [0.29, 0.717) is 18.6 Å². The molecule has 0 unspecified atom stereocenters. The monoisotopic (exact) mass is 144 g/mol. The van der Waals surface area contributed by atoms with E-state index in [0.717, 1.165) is 0 Å². The zero-order chi connectivity index (χ0) is 7.98. The molecule has 0 atom stereocenters. The van der Waals surface area contributed by atoms with Gasteiger partial charge in [0, 0.05) is 12.8 Å². The molecule has 10 heavy (non-hydrogen) atoms. The molecular weight excluding hydrogens is 132 g/mol. The molecule has 0 heterocycles. The Kier molecular flexibility index (Phi) is 4.37. The van der Waals surface area contributed by atoms with Crippen LogP contribution in [0.3, 0.4) is 0 Å². The fourth-order valence-corrected chi connectivity index (χ4v) is 0.539. The summed E-state index contributed by atoms with van der Waals surface area (Å²) in [7, 11) is 1.53. The first-order valence-corrected chi connectivity index (χ1v) is 3.10. The molecule has 0 saturated heterocycles. The maximum absolute atomic E-state index is 10.00. The second-order valence-corrected chi connectivity index (χ2v) is 1.99. The fraction of sp³-hybridized carbons (Fsp3) is 0.571. The van der Waals surface area contributed by atoms with Gasteiger partial charge in [-0.3, -0.25) is 4.79 Å². The summed E-state index contributed by atoms with van der Waals surface area (Å²) >= 11 is 0. The standard InChI is InChI=1S/C7H12O3/c1-6(10-2)4-3-5-7(8)9/h1,3-5H2,2H3,(H,8,9). The summed E-state index contributed by atoms with van der Waals surface area (Å²) in [6.07, 6.45) is 1.41. The van der Waals surface area contributed by atoms with Crippen molar-refractivity contribution in [3.63, 3.8) is 0 Å². The van der Waals surface area contributed by atoms with E-state index in [1.54, 1.807) is 0 Å². The molecule has 0 bridgehead atoms. The molecule has 0 aromatic carbocycles. The van der Waals surface area contributed by atoms with Crippen molar-refractivity contribution in [3.05, 3.63) is 12.3 Å². The van der Waals surface area contributed by atoms with Crippen molar-refractivity contribution >= 4 is 5.97 Å². The summed E-state index contributed by atoms with van der Waals surface area (Å²) < 4.78 is 4.74. The smallest absolute Gasteiger partial charge is 0.303 e. The Labute approximate surface area is 60.3 Å². The average molecular weight is 144 g/mol. The van der Waals surface area contributed by atoms with E-state index >= 15 is 0 Å². The van der Waals surface area contributed by atoms with Crippen LogP contribution in [0.1, 0.15) is 19.3 Å². The highest BCUT2D eigenvalue weighted by Crippen LogP contribution is 2.04. The van der Waals surface area contributed by atoms with Crippen molar-refractivity contribution in [2.75, 3.05) is 7.11 Å². The Bertz CT molecular complexity index is 129. The van der Waals surface area contributed by atoms with Crippen molar-refractivity contribution in [1.29, 1.82) is 0 Å². The third-order valence-electron chi connectivity index (χ3n) is 1.13. The van der Waals surface area contributed by atoms with Crippen LogP contribution in [0.25, 0.3) is 0 Å². The first-order valence-electron chi connectivity index (χ1n) is 3.10. The Morgan fingerprint density at radius 2 is 2.20 bits per heavy atom. The molecule has 0 rings (SSSR count). The van der Waals surface area contributed by atoms with Gasteiger partial charge in [0.25, 0.3) is 0 Å². The molecular formula is C7H12O3. The van der Waals surface area contributed by atoms with E-state index in [4.69, 9.17) is 9.84 Å². The number of hydrogen-bond acceptors (Lipinski definition) is 2. The van der Waals surface area contributed by atoms with Crippen LogP contribution in [0, 0.1) is 0 Å². The predicted octanol–water partition coefficient (Wildman–Crippen LogP) is 1.40. The summed E-state index contributed by atoms with van der Waals surface area (Å²) in [5.74, 6) is -0.134. The van der Waals surface area contributed by atoms with Gasteiger partial charge in [0.05, 0.1) is 12.9 Å². The van der Waals surface area contributed by atoms with Crippen LogP contribution in [0.2, 0.25) is 0 Å². The van der Waals surface area contributed by atoms with Gasteiger partial charge >= 0.3 is 5.97 Å². The van der Waals surface area contributed by atoms with Gasteiger partial charge < -0.3 is 9.84 Å². The maximum atomic E-state index is 10.00.